The quantitative estimate of drug-likeness (QED) is 0.876. The Morgan fingerprint density at radius 1 is 1.16 bits per heavy atom. The highest BCUT2D eigenvalue weighted by Crippen LogP contribution is 2.28. The third-order valence-corrected chi connectivity index (χ3v) is 3.96. The average Bonchev–Trinajstić information content (AvgIpc) is 2.44. The fraction of sp³-hybridized carbons (Fsp3) is 0.250. The number of hydrogen-bond donors (Lipinski definition) is 1. The number of halogens is 2. The molecule has 98 valence electrons. The lowest BCUT2D eigenvalue weighted by Gasteiger charge is -2.27. The van der Waals surface area contributed by atoms with E-state index in [9.17, 15) is 4.39 Å². The molecule has 1 unspecified atom stereocenters. The van der Waals surface area contributed by atoms with E-state index in [0.29, 0.717) is 12.0 Å². The van der Waals surface area contributed by atoms with E-state index in [1.807, 2.05) is 6.07 Å². The van der Waals surface area contributed by atoms with Crippen LogP contribution in [0.1, 0.15) is 22.7 Å². The monoisotopic (exact) mass is 275 g/mol. The minimum atomic E-state index is -0.297. The maximum Gasteiger partial charge on any atom is 0.145 e. The molecule has 1 heterocycles. The minimum absolute atomic E-state index is 0.165. The molecule has 2 aromatic rings. The van der Waals surface area contributed by atoms with Crippen molar-refractivity contribution in [3.63, 3.8) is 0 Å². The van der Waals surface area contributed by atoms with E-state index in [2.05, 4.69) is 23.5 Å². The Morgan fingerprint density at radius 3 is 2.89 bits per heavy atom. The molecule has 0 saturated carbocycles. The molecule has 1 aliphatic heterocycles. The first kappa shape index (κ1) is 12.6. The fourth-order valence-corrected chi connectivity index (χ4v) is 2.90. The summed E-state index contributed by atoms with van der Waals surface area (Å²) in [5, 5.41) is 3.66. The summed E-state index contributed by atoms with van der Waals surface area (Å²) in [5.41, 5.74) is 3.29. The van der Waals surface area contributed by atoms with E-state index in [0.717, 1.165) is 13.0 Å². The first-order valence-electron chi connectivity index (χ1n) is 6.50. The Balaban J connectivity index is 1.91. The van der Waals surface area contributed by atoms with Gasteiger partial charge in [-0.25, -0.2) is 4.39 Å². The molecular formula is C16H15ClFN. The second kappa shape index (κ2) is 5.32. The molecule has 0 spiro atoms. The predicted molar refractivity (Wildman–Crippen MR) is 76.0 cm³/mol. The smallest absolute Gasteiger partial charge is 0.145 e. The Labute approximate surface area is 117 Å². The number of rotatable bonds is 2. The van der Waals surface area contributed by atoms with Gasteiger partial charge >= 0.3 is 0 Å². The van der Waals surface area contributed by atoms with Crippen molar-refractivity contribution in [2.45, 2.75) is 18.9 Å². The molecule has 0 aromatic heterocycles. The van der Waals surface area contributed by atoms with Gasteiger partial charge < -0.3 is 5.32 Å². The SMILES string of the molecule is Fc1c(Cl)cccc1CC1NCCc2ccccc21. The summed E-state index contributed by atoms with van der Waals surface area (Å²) in [6, 6.07) is 13.7. The average molecular weight is 276 g/mol. The van der Waals surface area contributed by atoms with Crippen LogP contribution in [0.3, 0.4) is 0 Å². The standard InChI is InChI=1S/C16H15ClFN/c17-14-7-3-5-12(16(14)18)10-15-13-6-2-1-4-11(13)8-9-19-15/h1-7,15,19H,8-10H2. The molecule has 0 radical (unpaired) electrons. The van der Waals surface area contributed by atoms with Gasteiger partial charge in [0.1, 0.15) is 5.82 Å². The van der Waals surface area contributed by atoms with Gasteiger partial charge in [-0.1, -0.05) is 48.0 Å². The van der Waals surface area contributed by atoms with Crippen molar-refractivity contribution >= 4 is 11.6 Å². The van der Waals surface area contributed by atoms with Gasteiger partial charge in [-0.15, -0.1) is 0 Å². The summed E-state index contributed by atoms with van der Waals surface area (Å²) in [4.78, 5) is 0. The molecule has 0 amide bonds. The van der Waals surface area contributed by atoms with Gasteiger partial charge in [-0.05, 0) is 42.1 Å². The van der Waals surface area contributed by atoms with Crippen molar-refractivity contribution in [3.05, 3.63) is 70.0 Å². The molecule has 0 fully saturated rings. The summed E-state index contributed by atoms with van der Waals surface area (Å²) in [6.45, 7) is 0.934. The first-order valence-corrected chi connectivity index (χ1v) is 6.87. The van der Waals surface area contributed by atoms with Gasteiger partial charge in [0, 0.05) is 6.04 Å². The molecule has 3 rings (SSSR count). The zero-order chi connectivity index (χ0) is 13.2. The van der Waals surface area contributed by atoms with Crippen molar-refractivity contribution in [2.75, 3.05) is 6.54 Å². The van der Waals surface area contributed by atoms with E-state index < -0.39 is 0 Å². The van der Waals surface area contributed by atoms with Gasteiger partial charge in [0.2, 0.25) is 0 Å². The molecule has 0 bridgehead atoms. The summed E-state index contributed by atoms with van der Waals surface area (Å²) >= 11 is 5.84. The molecule has 2 aromatic carbocycles. The largest absolute Gasteiger partial charge is 0.309 e. The van der Waals surface area contributed by atoms with Gasteiger partial charge in [0.15, 0.2) is 0 Å². The summed E-state index contributed by atoms with van der Waals surface area (Å²) < 4.78 is 14.0. The topological polar surface area (TPSA) is 12.0 Å². The van der Waals surface area contributed by atoms with Crippen LogP contribution in [0.4, 0.5) is 4.39 Å². The molecule has 1 atom stereocenters. The van der Waals surface area contributed by atoms with Crippen LogP contribution in [0.25, 0.3) is 0 Å². The molecule has 1 N–H and O–H groups in total. The molecule has 0 aliphatic carbocycles. The van der Waals surface area contributed by atoms with Crippen LogP contribution in [-0.4, -0.2) is 6.54 Å². The first-order chi connectivity index (χ1) is 9.25. The number of benzene rings is 2. The van der Waals surface area contributed by atoms with Crippen LogP contribution < -0.4 is 5.32 Å². The maximum absolute atomic E-state index is 14.0. The zero-order valence-electron chi connectivity index (χ0n) is 10.5. The Bertz CT molecular complexity index is 597. The molecule has 1 nitrogen and oxygen atoms in total. The van der Waals surface area contributed by atoms with E-state index >= 15 is 0 Å². The Morgan fingerprint density at radius 2 is 2.00 bits per heavy atom. The van der Waals surface area contributed by atoms with Crippen LogP contribution in [0.15, 0.2) is 42.5 Å². The molecule has 3 heteroatoms. The van der Waals surface area contributed by atoms with Crippen molar-refractivity contribution in [1.29, 1.82) is 0 Å². The molecule has 0 saturated heterocycles. The van der Waals surface area contributed by atoms with E-state index in [4.69, 9.17) is 11.6 Å². The second-order valence-corrected chi connectivity index (χ2v) is 5.28. The van der Waals surface area contributed by atoms with E-state index in [-0.39, 0.29) is 16.9 Å². The highest BCUT2D eigenvalue weighted by Gasteiger charge is 2.20. The van der Waals surface area contributed by atoms with Crippen LogP contribution in [-0.2, 0) is 12.8 Å². The minimum Gasteiger partial charge on any atom is -0.309 e. The second-order valence-electron chi connectivity index (χ2n) is 4.87. The molecule has 1 aliphatic rings. The van der Waals surface area contributed by atoms with E-state index in [1.165, 1.54) is 11.1 Å². The zero-order valence-corrected chi connectivity index (χ0v) is 11.3. The third kappa shape index (κ3) is 2.51. The molecule has 19 heavy (non-hydrogen) atoms. The van der Waals surface area contributed by atoms with Gasteiger partial charge in [-0.2, -0.15) is 0 Å². The number of nitrogens with one attached hydrogen (secondary N) is 1. The summed E-state index contributed by atoms with van der Waals surface area (Å²) in [6.07, 6.45) is 1.66. The van der Waals surface area contributed by atoms with Crippen LogP contribution in [0.2, 0.25) is 5.02 Å². The van der Waals surface area contributed by atoms with Crippen molar-refractivity contribution in [1.82, 2.24) is 5.32 Å². The van der Waals surface area contributed by atoms with Gasteiger partial charge in [0.25, 0.3) is 0 Å². The van der Waals surface area contributed by atoms with Crippen LogP contribution in [0, 0.1) is 5.82 Å². The highest BCUT2D eigenvalue weighted by atomic mass is 35.5. The van der Waals surface area contributed by atoms with E-state index in [1.54, 1.807) is 18.2 Å². The van der Waals surface area contributed by atoms with Gasteiger partial charge in [-0.3, -0.25) is 0 Å². The lowest BCUT2D eigenvalue weighted by Crippen LogP contribution is -2.31. The van der Waals surface area contributed by atoms with Crippen LogP contribution >= 0.6 is 11.6 Å². The molecular weight excluding hydrogens is 261 g/mol. The van der Waals surface area contributed by atoms with Gasteiger partial charge in [0.05, 0.1) is 5.02 Å². The predicted octanol–water partition coefficient (Wildman–Crippen LogP) is 3.91. The maximum atomic E-state index is 14.0. The Hall–Kier alpha value is -1.38. The van der Waals surface area contributed by atoms with Crippen molar-refractivity contribution < 1.29 is 4.39 Å². The highest BCUT2D eigenvalue weighted by molar-refractivity contribution is 6.30. The summed E-state index contributed by atoms with van der Waals surface area (Å²) in [5.74, 6) is -0.297. The Kier molecular flexibility index (Phi) is 3.54. The summed E-state index contributed by atoms with van der Waals surface area (Å²) in [7, 11) is 0. The number of hydrogen-bond acceptors (Lipinski definition) is 1. The van der Waals surface area contributed by atoms with Crippen molar-refractivity contribution in [3.8, 4) is 0 Å². The van der Waals surface area contributed by atoms with Crippen molar-refractivity contribution in [2.24, 2.45) is 0 Å². The van der Waals surface area contributed by atoms with Crippen LogP contribution in [0.5, 0.6) is 0 Å². The fourth-order valence-electron chi connectivity index (χ4n) is 2.70. The third-order valence-electron chi connectivity index (χ3n) is 3.67. The number of fused-ring (bicyclic) bond motifs is 1. The normalized spacial score (nSPS) is 18.1. The lowest BCUT2D eigenvalue weighted by molar-refractivity contribution is 0.490. The lowest BCUT2D eigenvalue weighted by atomic mass is 9.90.